The second kappa shape index (κ2) is 35.6. The molecule has 0 bridgehead atoms. The number of halogens is 5. The van der Waals surface area contributed by atoms with E-state index < -0.39 is 62.3 Å². The third-order valence-corrected chi connectivity index (χ3v) is 30.5. The monoisotopic (exact) mass is 1640 g/mol. The van der Waals surface area contributed by atoms with Crippen LogP contribution in [0, 0.1) is 29.1 Å². The smallest absolute Gasteiger partial charge is 0.345 e. The molecule has 13 aromatic rings. The first-order chi connectivity index (χ1) is 53.9. The Bertz CT molecular complexity index is 4810. The van der Waals surface area contributed by atoms with Crippen LogP contribution in [0.25, 0.3) is 0 Å². The molecule has 112 heavy (non-hydrogen) atoms. The molecule has 8 nitrogen and oxygen atoms in total. The van der Waals surface area contributed by atoms with Crippen molar-refractivity contribution in [2.24, 2.45) is 0 Å². The van der Waals surface area contributed by atoms with Gasteiger partial charge >= 0.3 is 7.12 Å². The molecular weight excluding hydrogens is 1570 g/mol. The molecule has 0 N–H and O–H groups in total. The summed E-state index contributed by atoms with van der Waals surface area (Å²) in [5.74, 6) is -12.0. The van der Waals surface area contributed by atoms with Crippen LogP contribution in [-0.2, 0) is 8.20 Å². The Morgan fingerprint density at radius 3 is 0.473 bits per heavy atom. The van der Waals surface area contributed by atoms with Crippen molar-refractivity contribution in [2.75, 3.05) is 0 Å². The number of benzene rings is 13. The van der Waals surface area contributed by atoms with Gasteiger partial charge in [0.2, 0.25) is 0 Å². The summed E-state index contributed by atoms with van der Waals surface area (Å²) < 4.78 is 102. The van der Waals surface area contributed by atoms with Gasteiger partial charge in [-0.05, 0) is 260 Å². The molecule has 0 amide bonds. The van der Waals surface area contributed by atoms with Gasteiger partial charge in [-0.2, -0.15) is 0 Å². The Hall–Kier alpha value is -9.69. The van der Waals surface area contributed by atoms with E-state index in [1.54, 1.807) is 146 Å². The number of hydrogen-bond donors (Lipinski definition) is 0. The van der Waals surface area contributed by atoms with Gasteiger partial charge in [-0.3, -0.25) is 28.8 Å². The second-order valence-corrected chi connectivity index (χ2v) is 37.9. The maximum Gasteiger partial charge on any atom is 0.522 e. The van der Waals surface area contributed by atoms with Crippen LogP contribution in [-0.4, -0.2) is 41.8 Å². The molecule has 0 saturated carbocycles. The predicted octanol–water partition coefficient (Wildman–Crippen LogP) is 26.0. The first-order valence-corrected chi connectivity index (χ1v) is 42.8. The molecule has 0 spiro atoms. The third kappa shape index (κ3) is 18.3. The van der Waals surface area contributed by atoms with Crippen LogP contribution in [0.15, 0.2) is 379 Å². The minimum absolute atomic E-state index is 0.107. The lowest BCUT2D eigenvalue weighted by atomic mass is 9.79. The Morgan fingerprint density at radius 1 is 0.214 bits per heavy atom. The molecule has 0 saturated heterocycles. The molecule has 0 atom stereocenters. The lowest BCUT2D eigenvalue weighted by Gasteiger charge is -2.47. The van der Waals surface area contributed by atoms with Gasteiger partial charge in [0, 0.05) is 121 Å². The van der Waals surface area contributed by atoms with E-state index in [9.17, 15) is 28.8 Å². The molecule has 0 aliphatic carbocycles. The SMILES string of the molecule is CC(=O)c1ccc(Sc2ccc(S(OB(OS(c3ccc(Sc4ccc(C(C)=O)cc4)cc3)(c3ccc(Sc4ccc(C(C)=O)cc4)cc3)c3ccc(Sc4ccc(C(C)=O)cc4)cc3)c3c(F)c(F)c(F)c(F)c3F)(c3ccc(Sc4ccc(C(C)=O)cc4)cc3)c3ccc(Sc4ccc(C(C)=O)cc4)cc3)cc2)cc1. The molecule has 0 aliphatic heterocycles. The highest BCUT2D eigenvalue weighted by Crippen LogP contribution is 2.74. The average Bonchev–Trinajstić information content (AvgIpc) is 0.725. The van der Waals surface area contributed by atoms with Gasteiger partial charge in [0.15, 0.2) is 63.8 Å². The lowest BCUT2D eigenvalue weighted by Crippen LogP contribution is -2.44. The van der Waals surface area contributed by atoms with Gasteiger partial charge < -0.3 is 8.20 Å². The number of ketones is 6. The van der Waals surface area contributed by atoms with E-state index in [1.807, 2.05) is 146 Å². The molecule has 13 aromatic carbocycles. The fourth-order valence-electron chi connectivity index (χ4n) is 11.9. The summed E-state index contributed by atoms with van der Waals surface area (Å²) in [6, 6.07) is 86.3. The van der Waals surface area contributed by atoms with Crippen LogP contribution in [0.2, 0.25) is 0 Å². The van der Waals surface area contributed by atoms with Gasteiger partial charge in [0.1, 0.15) is 0 Å². The van der Waals surface area contributed by atoms with Gasteiger partial charge in [-0.15, -0.1) is 0 Å². The van der Waals surface area contributed by atoms with Crippen molar-refractivity contribution in [1.29, 1.82) is 0 Å². The fourth-order valence-corrected chi connectivity index (χ4v) is 23.1. The normalized spacial score (nSPS) is 11.8. The van der Waals surface area contributed by atoms with Crippen molar-refractivity contribution in [1.82, 2.24) is 0 Å². The van der Waals surface area contributed by atoms with E-state index in [2.05, 4.69) is 0 Å². The van der Waals surface area contributed by atoms with Crippen molar-refractivity contribution in [3.63, 3.8) is 0 Å². The minimum atomic E-state index is -3.73. The van der Waals surface area contributed by atoms with Crippen molar-refractivity contribution in [3.05, 3.63) is 354 Å². The molecule has 0 aromatic heterocycles. The maximum absolute atomic E-state index is 18.2. The molecule has 560 valence electrons. The first kappa shape index (κ1) is 80.4. The van der Waals surface area contributed by atoms with Crippen LogP contribution in [0.3, 0.4) is 0 Å². The van der Waals surface area contributed by atoms with E-state index in [-0.39, 0.29) is 34.7 Å². The first-order valence-electron chi connectivity index (χ1n) is 34.8. The van der Waals surface area contributed by atoms with E-state index in [0.717, 1.165) is 29.4 Å². The summed E-state index contributed by atoms with van der Waals surface area (Å²) in [6.45, 7) is 8.90. The predicted molar refractivity (Wildman–Crippen MR) is 441 cm³/mol. The number of Topliss-reactive ketones (excluding diaryl/α,β-unsaturated/α-hetero) is 6. The standard InChI is InChI=1S/C90H66BF5O8S8/c1-55(97)61-7-19-67(20-8-61)105-73-31-43-79(44-32-73)111(80-45-33-74(34-46-80)106-68-21-9-62(10-22-68)56(2)98,81-47-35-75(36-48-81)107-69-23-11-63(12-24-69)57(3)99)103-91(85-86(92)88(94)90(96)89(95)87(85)93)104-112(82-49-37-76(38-50-82)108-70-25-13-64(14-26-70)58(4)100,83-51-39-77(40-52-83)109-71-27-15-65(16-28-71)59(5)101)84-53-41-78(42-54-84)110-72-29-17-66(18-30-72)60(6)102/h7-54H,1-6H3. The summed E-state index contributed by atoms with van der Waals surface area (Å²) in [4.78, 5) is 85.7. The molecule has 0 aliphatic rings. The zero-order valence-corrected chi connectivity index (χ0v) is 67.2. The zero-order valence-electron chi connectivity index (χ0n) is 60.7. The van der Waals surface area contributed by atoms with E-state index in [0.29, 0.717) is 92.1 Å². The molecule has 22 heteroatoms. The van der Waals surface area contributed by atoms with Crippen molar-refractivity contribution < 1.29 is 58.9 Å². The Labute approximate surface area is 675 Å². The molecule has 0 radical (unpaired) electrons. The Kier molecular flexibility index (Phi) is 25.5. The molecule has 0 heterocycles. The van der Waals surface area contributed by atoms with Gasteiger partial charge in [0.25, 0.3) is 0 Å². The van der Waals surface area contributed by atoms with E-state index in [4.69, 9.17) is 8.20 Å². The van der Waals surface area contributed by atoms with Gasteiger partial charge in [0.05, 0.1) is 5.46 Å². The lowest BCUT2D eigenvalue weighted by molar-refractivity contribution is 0.100. The summed E-state index contributed by atoms with van der Waals surface area (Å²) in [6.07, 6.45) is 0. The Morgan fingerprint density at radius 2 is 0.339 bits per heavy atom. The van der Waals surface area contributed by atoms with Crippen LogP contribution >= 0.6 is 91.2 Å². The van der Waals surface area contributed by atoms with E-state index >= 15 is 22.0 Å². The highest BCUT2D eigenvalue weighted by atomic mass is 32.3. The number of carbonyl (C=O) groups excluding carboxylic acids is 6. The van der Waals surface area contributed by atoms with Gasteiger partial charge in [-0.25, -0.2) is 22.0 Å². The fraction of sp³-hybridized carbons (Fsp3) is 0.0667. The van der Waals surface area contributed by atoms with Crippen LogP contribution in [0.5, 0.6) is 0 Å². The van der Waals surface area contributed by atoms with Crippen molar-refractivity contribution >= 4 is 138 Å². The average molecular weight is 1640 g/mol. The molecule has 13 rings (SSSR count). The quantitative estimate of drug-likeness (QED) is 0.0145. The number of rotatable bonds is 29. The van der Waals surface area contributed by atoms with Crippen LogP contribution in [0.1, 0.15) is 104 Å². The maximum atomic E-state index is 18.2. The largest absolute Gasteiger partial charge is 0.522 e. The number of hydrogen-bond acceptors (Lipinski definition) is 14. The van der Waals surface area contributed by atoms with E-state index in [1.165, 1.54) is 112 Å². The van der Waals surface area contributed by atoms with Gasteiger partial charge in [-0.1, -0.05) is 164 Å². The number of carbonyl (C=O) groups is 6. The highest BCUT2D eigenvalue weighted by molar-refractivity contribution is 8.31. The second-order valence-electron chi connectivity index (χ2n) is 25.5. The highest BCUT2D eigenvalue weighted by Gasteiger charge is 2.49. The summed E-state index contributed by atoms with van der Waals surface area (Å²) in [5.41, 5.74) is 1.69. The zero-order chi connectivity index (χ0) is 79.0. The topological polar surface area (TPSA) is 121 Å². The summed E-state index contributed by atoms with van der Waals surface area (Å²) in [5, 5.41) is 0. The minimum Gasteiger partial charge on any atom is -0.345 e. The molecule has 0 fully saturated rings. The Balaban J connectivity index is 1.07. The molecule has 0 unspecified atom stereocenters. The molecular formula is C90H66BF5O8S8. The van der Waals surface area contributed by atoms with Crippen molar-refractivity contribution in [2.45, 2.75) is 130 Å². The summed E-state index contributed by atoms with van der Waals surface area (Å²) in [7, 11) is -10.0. The third-order valence-electron chi connectivity index (χ3n) is 17.9. The summed E-state index contributed by atoms with van der Waals surface area (Å²) >= 11 is 8.35. The van der Waals surface area contributed by atoms with Crippen LogP contribution < -0.4 is 5.46 Å². The van der Waals surface area contributed by atoms with Crippen LogP contribution in [0.4, 0.5) is 22.0 Å². The van der Waals surface area contributed by atoms with Crippen molar-refractivity contribution in [3.8, 4) is 0 Å².